The van der Waals surface area contributed by atoms with Crippen LogP contribution in [0, 0.1) is 22.7 Å². The SMILES string of the molecule is CC1(C)COC2(CCC34O[C@]3(CCC3C4=CC[C@@]4(C)[C@H]3CC[C@@]4(O)C(F)(F)C(F)(F)F)C2)OC1. The summed E-state index contributed by atoms with van der Waals surface area (Å²) in [6, 6.07) is 0. The molecule has 4 nitrogen and oxygen atoms in total. The van der Waals surface area contributed by atoms with E-state index in [0.29, 0.717) is 45.3 Å². The van der Waals surface area contributed by atoms with E-state index in [1.54, 1.807) is 0 Å². The van der Waals surface area contributed by atoms with Crippen molar-refractivity contribution < 1.29 is 41.3 Å². The lowest BCUT2D eigenvalue weighted by molar-refractivity contribution is -0.361. The molecule has 192 valence electrons. The molecule has 0 bridgehead atoms. The zero-order chi connectivity index (χ0) is 24.6. The van der Waals surface area contributed by atoms with Crippen LogP contribution in [0.2, 0.25) is 0 Å². The quantitative estimate of drug-likeness (QED) is 0.297. The van der Waals surface area contributed by atoms with Crippen LogP contribution >= 0.6 is 0 Å². The van der Waals surface area contributed by atoms with Gasteiger partial charge in [-0.3, -0.25) is 0 Å². The number of rotatable bonds is 1. The summed E-state index contributed by atoms with van der Waals surface area (Å²) in [6.07, 6.45) is -1.11. The van der Waals surface area contributed by atoms with E-state index in [1.807, 2.05) is 6.08 Å². The number of aliphatic hydroxyl groups is 1. The van der Waals surface area contributed by atoms with Crippen molar-refractivity contribution in [1.29, 1.82) is 0 Å². The summed E-state index contributed by atoms with van der Waals surface area (Å²) in [5.41, 5.74) is -4.60. The maximum absolute atomic E-state index is 14.6. The Morgan fingerprint density at radius 1 is 0.941 bits per heavy atom. The second-order valence-electron chi connectivity index (χ2n) is 12.8. The lowest BCUT2D eigenvalue weighted by Crippen LogP contribution is -2.65. The fraction of sp³-hybridized carbons (Fsp3) is 0.920. The average Bonchev–Trinajstić information content (AvgIpc) is 3.35. The van der Waals surface area contributed by atoms with Gasteiger partial charge in [-0.1, -0.05) is 26.8 Å². The Morgan fingerprint density at radius 3 is 2.26 bits per heavy atom. The van der Waals surface area contributed by atoms with Crippen molar-refractivity contribution in [3.05, 3.63) is 11.6 Å². The summed E-state index contributed by atoms with van der Waals surface area (Å²) in [6.45, 7) is 6.83. The Kier molecular flexibility index (Phi) is 4.43. The van der Waals surface area contributed by atoms with Gasteiger partial charge in [-0.15, -0.1) is 0 Å². The summed E-state index contributed by atoms with van der Waals surface area (Å²) in [5, 5.41) is 10.9. The predicted molar refractivity (Wildman–Crippen MR) is 111 cm³/mol. The van der Waals surface area contributed by atoms with Gasteiger partial charge in [0.2, 0.25) is 0 Å². The van der Waals surface area contributed by atoms with E-state index in [-0.39, 0.29) is 24.2 Å². The molecule has 4 aliphatic carbocycles. The molecule has 2 saturated heterocycles. The third-order valence-corrected chi connectivity index (χ3v) is 10.3. The molecule has 2 aliphatic heterocycles. The standard InChI is InChI=1S/C25H33F5O4/c1-18(2)13-32-21(33-14-18)10-11-22-17-5-7-19(3)16(15(17)4-8-20(22,12-21)34-22)6-9-23(19,31)24(26,27)25(28,29)30/h5,15-16,31H,4,6-14H2,1-3H3/t15?,16-,19-,20+,22?,23-/m0/s1. The van der Waals surface area contributed by atoms with Crippen molar-refractivity contribution in [1.82, 2.24) is 0 Å². The number of hydrogen-bond acceptors (Lipinski definition) is 4. The summed E-state index contributed by atoms with van der Waals surface area (Å²) in [7, 11) is 0. The van der Waals surface area contributed by atoms with Crippen molar-refractivity contribution in [3.63, 3.8) is 0 Å². The number of alkyl halides is 5. The van der Waals surface area contributed by atoms with Gasteiger partial charge in [-0.2, -0.15) is 22.0 Å². The van der Waals surface area contributed by atoms with Crippen LogP contribution in [0.5, 0.6) is 0 Å². The van der Waals surface area contributed by atoms with E-state index in [4.69, 9.17) is 14.2 Å². The monoisotopic (exact) mass is 492 g/mol. The molecule has 34 heavy (non-hydrogen) atoms. The topological polar surface area (TPSA) is 51.2 Å². The molecule has 0 radical (unpaired) electrons. The lowest BCUT2D eigenvalue weighted by atomic mass is 9.52. The van der Waals surface area contributed by atoms with Crippen molar-refractivity contribution in [3.8, 4) is 0 Å². The Balaban J connectivity index is 1.29. The molecule has 6 aliphatic rings. The van der Waals surface area contributed by atoms with Crippen molar-refractivity contribution >= 4 is 0 Å². The minimum atomic E-state index is -5.80. The van der Waals surface area contributed by atoms with Gasteiger partial charge in [0.15, 0.2) is 5.79 Å². The molecule has 5 fully saturated rings. The predicted octanol–water partition coefficient (Wildman–Crippen LogP) is 5.53. The van der Waals surface area contributed by atoms with E-state index in [1.165, 1.54) is 6.92 Å². The lowest BCUT2D eigenvalue weighted by Gasteiger charge is -2.54. The van der Waals surface area contributed by atoms with Gasteiger partial charge in [0, 0.05) is 23.7 Å². The van der Waals surface area contributed by atoms with Crippen molar-refractivity contribution in [2.45, 2.75) is 107 Å². The van der Waals surface area contributed by atoms with Crippen LogP contribution in [0.4, 0.5) is 22.0 Å². The van der Waals surface area contributed by atoms with E-state index < -0.39 is 52.4 Å². The molecule has 2 unspecified atom stereocenters. The molecule has 1 spiro atoms. The van der Waals surface area contributed by atoms with E-state index in [0.717, 1.165) is 5.57 Å². The Hall–Kier alpha value is -0.770. The van der Waals surface area contributed by atoms with Crippen LogP contribution in [-0.2, 0) is 14.2 Å². The highest BCUT2D eigenvalue weighted by Gasteiger charge is 2.82. The van der Waals surface area contributed by atoms with Crippen molar-refractivity contribution in [2.75, 3.05) is 13.2 Å². The highest BCUT2D eigenvalue weighted by atomic mass is 19.4. The van der Waals surface area contributed by atoms with Gasteiger partial charge in [0.1, 0.15) is 16.8 Å². The average molecular weight is 493 g/mol. The fourth-order valence-electron chi connectivity index (χ4n) is 8.34. The van der Waals surface area contributed by atoms with Crippen LogP contribution in [-0.4, -0.2) is 53.0 Å². The minimum Gasteiger partial charge on any atom is -0.383 e. The Bertz CT molecular complexity index is 936. The second-order valence-corrected chi connectivity index (χ2v) is 12.8. The van der Waals surface area contributed by atoms with Crippen molar-refractivity contribution in [2.24, 2.45) is 22.7 Å². The third-order valence-electron chi connectivity index (χ3n) is 10.3. The van der Waals surface area contributed by atoms with Gasteiger partial charge in [-0.05, 0) is 55.9 Å². The van der Waals surface area contributed by atoms with Gasteiger partial charge in [0.05, 0.1) is 13.2 Å². The van der Waals surface area contributed by atoms with Gasteiger partial charge < -0.3 is 19.3 Å². The van der Waals surface area contributed by atoms with Gasteiger partial charge >= 0.3 is 12.1 Å². The fourth-order valence-corrected chi connectivity index (χ4v) is 8.34. The number of epoxide rings is 1. The Morgan fingerprint density at radius 2 is 1.62 bits per heavy atom. The highest BCUT2D eigenvalue weighted by molar-refractivity contribution is 5.44. The molecule has 3 saturated carbocycles. The zero-order valence-electron chi connectivity index (χ0n) is 19.9. The smallest absolute Gasteiger partial charge is 0.383 e. The maximum atomic E-state index is 14.6. The third kappa shape index (κ3) is 2.63. The first kappa shape index (κ1) is 23.6. The number of hydrogen-bond donors (Lipinski definition) is 1. The van der Waals surface area contributed by atoms with E-state index >= 15 is 0 Å². The molecule has 0 aromatic carbocycles. The molecule has 0 aromatic heterocycles. The molecule has 0 amide bonds. The summed E-state index contributed by atoms with van der Waals surface area (Å²) in [4.78, 5) is 0. The first-order chi connectivity index (χ1) is 15.6. The van der Waals surface area contributed by atoms with Crippen LogP contribution in [0.15, 0.2) is 11.6 Å². The minimum absolute atomic E-state index is 0.0147. The normalized spacial score (nSPS) is 48.9. The van der Waals surface area contributed by atoms with Crippen LogP contribution in [0.1, 0.15) is 72.1 Å². The van der Waals surface area contributed by atoms with Gasteiger partial charge in [0.25, 0.3) is 0 Å². The largest absolute Gasteiger partial charge is 0.456 e. The highest BCUT2D eigenvalue weighted by Crippen LogP contribution is 2.75. The number of halogens is 5. The summed E-state index contributed by atoms with van der Waals surface area (Å²) >= 11 is 0. The first-order valence-electron chi connectivity index (χ1n) is 12.4. The molecule has 1 N–H and O–H groups in total. The van der Waals surface area contributed by atoms with Crippen LogP contribution in [0.3, 0.4) is 0 Å². The van der Waals surface area contributed by atoms with E-state index in [9.17, 15) is 27.1 Å². The van der Waals surface area contributed by atoms with Crippen LogP contribution < -0.4 is 0 Å². The second kappa shape index (κ2) is 6.37. The zero-order valence-corrected chi connectivity index (χ0v) is 19.9. The van der Waals surface area contributed by atoms with E-state index in [2.05, 4.69) is 13.8 Å². The van der Waals surface area contributed by atoms with Gasteiger partial charge in [-0.25, -0.2) is 0 Å². The number of ether oxygens (including phenoxy) is 3. The molecule has 9 heteroatoms. The summed E-state index contributed by atoms with van der Waals surface area (Å²) in [5.74, 6) is -6.44. The molecule has 6 rings (SSSR count). The summed E-state index contributed by atoms with van der Waals surface area (Å²) < 4.78 is 88.2. The molecular formula is C25H33F5O4. The molecule has 0 aromatic rings. The molecular weight excluding hydrogens is 459 g/mol. The first-order valence-corrected chi connectivity index (χ1v) is 12.4. The van der Waals surface area contributed by atoms with Crippen LogP contribution in [0.25, 0.3) is 0 Å². The number of fused-ring (bicyclic) bond motifs is 3. The Labute approximate surface area is 196 Å². The molecule has 2 heterocycles. The molecule has 6 atom stereocenters. The number of allylic oxidation sites excluding steroid dienone is 1. The maximum Gasteiger partial charge on any atom is 0.456 e.